The van der Waals surface area contributed by atoms with Crippen molar-refractivity contribution in [2.45, 2.75) is 43.2 Å². The van der Waals surface area contributed by atoms with E-state index in [4.69, 9.17) is 5.11 Å². The van der Waals surface area contributed by atoms with Crippen molar-refractivity contribution in [3.05, 3.63) is 29.8 Å². The molecule has 2 amide bonds. The molecule has 0 saturated carbocycles. The molecule has 1 heterocycles. The third kappa shape index (κ3) is 4.55. The quantitative estimate of drug-likeness (QED) is 0.869. The Morgan fingerprint density at radius 2 is 2.09 bits per heavy atom. The summed E-state index contributed by atoms with van der Waals surface area (Å²) in [6, 6.07) is 7.50. The molecule has 2 rings (SSSR count). The van der Waals surface area contributed by atoms with E-state index < -0.39 is 10.8 Å². The fourth-order valence-corrected chi connectivity index (χ4v) is 3.31. The van der Waals surface area contributed by atoms with Gasteiger partial charge in [0.05, 0.1) is 0 Å². The third-order valence-corrected chi connectivity index (χ3v) is 4.99. The summed E-state index contributed by atoms with van der Waals surface area (Å²) in [7, 11) is -0.980. The van der Waals surface area contributed by atoms with Crippen LogP contribution in [0.2, 0.25) is 0 Å². The Hall–Kier alpha value is -1.40. The van der Waals surface area contributed by atoms with Gasteiger partial charge in [-0.1, -0.05) is 12.1 Å². The van der Waals surface area contributed by atoms with E-state index in [1.807, 2.05) is 29.2 Å². The Bertz CT molecular complexity index is 517. The Labute approximate surface area is 134 Å². The van der Waals surface area contributed by atoms with Crippen LogP contribution < -0.4 is 5.32 Å². The van der Waals surface area contributed by atoms with Crippen molar-refractivity contribution in [3.63, 3.8) is 0 Å². The number of likely N-dealkylation sites (tertiary alicyclic amines) is 1. The zero-order valence-corrected chi connectivity index (χ0v) is 13.8. The lowest BCUT2D eigenvalue weighted by atomic mass is 10.0. The highest BCUT2D eigenvalue weighted by atomic mass is 32.2. The molecule has 0 aliphatic carbocycles. The number of aliphatic hydroxyl groups is 1. The summed E-state index contributed by atoms with van der Waals surface area (Å²) in [4.78, 5) is 14.9. The number of carbonyl (C=O) groups excluding carboxylic acids is 1. The molecular formula is C16H24N2O3S. The van der Waals surface area contributed by atoms with Crippen LogP contribution in [0.15, 0.2) is 29.2 Å². The Balaban J connectivity index is 1.89. The molecule has 1 aromatic carbocycles. The van der Waals surface area contributed by atoms with Gasteiger partial charge < -0.3 is 15.3 Å². The summed E-state index contributed by atoms with van der Waals surface area (Å²) in [6.07, 6.45) is 5.39. The zero-order chi connectivity index (χ0) is 15.9. The summed E-state index contributed by atoms with van der Waals surface area (Å²) in [6.45, 7) is 1.33. The van der Waals surface area contributed by atoms with Crippen LogP contribution in [0.25, 0.3) is 0 Å². The lowest BCUT2D eigenvalue weighted by Gasteiger charge is -2.35. The highest BCUT2D eigenvalue weighted by Gasteiger charge is 2.25. The molecule has 5 nitrogen and oxygen atoms in total. The molecular weight excluding hydrogens is 300 g/mol. The minimum Gasteiger partial charge on any atom is -0.396 e. The van der Waals surface area contributed by atoms with Gasteiger partial charge >= 0.3 is 6.03 Å². The maximum absolute atomic E-state index is 12.3. The number of hydrogen-bond donors (Lipinski definition) is 2. The predicted octanol–water partition coefficient (Wildman–Crippen LogP) is 1.87. The lowest BCUT2D eigenvalue weighted by molar-refractivity contribution is 0.131. The Morgan fingerprint density at radius 3 is 2.73 bits per heavy atom. The van der Waals surface area contributed by atoms with Crippen LogP contribution in [0.3, 0.4) is 0 Å². The number of carbonyl (C=O) groups is 1. The summed E-state index contributed by atoms with van der Waals surface area (Å²) < 4.78 is 11.3. The first kappa shape index (κ1) is 17.0. The van der Waals surface area contributed by atoms with Gasteiger partial charge in [0.25, 0.3) is 0 Å². The van der Waals surface area contributed by atoms with Crippen molar-refractivity contribution >= 4 is 16.8 Å². The van der Waals surface area contributed by atoms with Gasteiger partial charge in [0.15, 0.2) is 0 Å². The number of aliphatic hydroxyl groups excluding tert-OH is 1. The molecule has 1 aromatic rings. The Kier molecular flexibility index (Phi) is 6.39. The second-order valence-corrected chi connectivity index (χ2v) is 6.99. The molecule has 0 aromatic heterocycles. The minimum absolute atomic E-state index is 0.0682. The van der Waals surface area contributed by atoms with Crippen LogP contribution in [0.1, 0.15) is 31.2 Å². The highest BCUT2D eigenvalue weighted by molar-refractivity contribution is 7.84. The summed E-state index contributed by atoms with van der Waals surface area (Å²) >= 11 is 0. The normalized spacial score (nSPS) is 19.7. The number of nitrogens with zero attached hydrogens (tertiary/aromatic N) is 1. The standard InChI is InChI=1S/C16H24N2O3S/c1-22(21)15-7-5-13(6-8-15)12-17-16(20)18-10-3-2-4-14(18)9-11-19/h5-8,14,19H,2-4,9-12H2,1H3,(H,17,20). The molecule has 122 valence electrons. The molecule has 2 N–H and O–H groups in total. The van der Waals surface area contributed by atoms with E-state index in [0.717, 1.165) is 36.3 Å². The van der Waals surface area contributed by atoms with Crippen LogP contribution >= 0.6 is 0 Å². The second kappa shape index (κ2) is 8.29. The van der Waals surface area contributed by atoms with Crippen LogP contribution in [0.4, 0.5) is 4.79 Å². The van der Waals surface area contributed by atoms with Gasteiger partial charge in [0.2, 0.25) is 0 Å². The molecule has 2 atom stereocenters. The number of amides is 2. The van der Waals surface area contributed by atoms with Crippen molar-refractivity contribution in [3.8, 4) is 0 Å². The lowest BCUT2D eigenvalue weighted by Crippen LogP contribution is -2.48. The van der Waals surface area contributed by atoms with Crippen LogP contribution in [-0.2, 0) is 17.3 Å². The SMILES string of the molecule is CS(=O)c1ccc(CNC(=O)N2CCCCC2CCO)cc1. The van der Waals surface area contributed by atoms with E-state index in [-0.39, 0.29) is 18.7 Å². The summed E-state index contributed by atoms with van der Waals surface area (Å²) in [5.74, 6) is 0. The van der Waals surface area contributed by atoms with Gasteiger partial charge in [0.1, 0.15) is 0 Å². The molecule has 1 aliphatic heterocycles. The molecule has 1 saturated heterocycles. The monoisotopic (exact) mass is 324 g/mol. The van der Waals surface area contributed by atoms with Crippen molar-refractivity contribution in [2.24, 2.45) is 0 Å². The first-order chi connectivity index (χ1) is 10.6. The number of rotatable bonds is 5. The number of urea groups is 1. The highest BCUT2D eigenvalue weighted by Crippen LogP contribution is 2.19. The maximum atomic E-state index is 12.3. The molecule has 22 heavy (non-hydrogen) atoms. The first-order valence-corrected chi connectivity index (χ1v) is 9.25. The average Bonchev–Trinajstić information content (AvgIpc) is 2.54. The first-order valence-electron chi connectivity index (χ1n) is 7.69. The van der Waals surface area contributed by atoms with Crippen LogP contribution in [-0.4, -0.2) is 45.7 Å². The van der Waals surface area contributed by atoms with Gasteiger partial charge in [-0.25, -0.2) is 4.79 Å². The predicted molar refractivity (Wildman–Crippen MR) is 87.1 cm³/mol. The molecule has 0 radical (unpaired) electrons. The van der Waals surface area contributed by atoms with Crippen LogP contribution in [0.5, 0.6) is 0 Å². The van der Waals surface area contributed by atoms with Gasteiger partial charge in [0, 0.05) is 47.7 Å². The molecule has 0 spiro atoms. The number of hydrogen-bond acceptors (Lipinski definition) is 3. The van der Waals surface area contributed by atoms with Crippen LogP contribution in [0, 0.1) is 0 Å². The molecule has 1 fully saturated rings. The molecule has 0 bridgehead atoms. The fraction of sp³-hybridized carbons (Fsp3) is 0.562. The third-order valence-electron chi connectivity index (χ3n) is 4.05. The zero-order valence-electron chi connectivity index (χ0n) is 13.0. The van der Waals surface area contributed by atoms with Gasteiger partial charge in [-0.05, 0) is 43.4 Å². The molecule has 6 heteroatoms. The largest absolute Gasteiger partial charge is 0.396 e. The maximum Gasteiger partial charge on any atom is 0.317 e. The van der Waals surface area contributed by atoms with E-state index in [2.05, 4.69) is 5.32 Å². The molecule has 1 aliphatic rings. The fourth-order valence-electron chi connectivity index (χ4n) is 2.80. The van der Waals surface area contributed by atoms with E-state index >= 15 is 0 Å². The van der Waals surface area contributed by atoms with Gasteiger partial charge in [-0.2, -0.15) is 0 Å². The smallest absolute Gasteiger partial charge is 0.317 e. The van der Waals surface area contributed by atoms with E-state index in [0.29, 0.717) is 13.0 Å². The van der Waals surface area contributed by atoms with E-state index in [1.54, 1.807) is 6.26 Å². The molecule has 2 unspecified atom stereocenters. The van der Waals surface area contributed by atoms with Crippen molar-refractivity contribution < 1.29 is 14.1 Å². The topological polar surface area (TPSA) is 69.6 Å². The summed E-state index contributed by atoms with van der Waals surface area (Å²) in [5, 5.41) is 12.0. The van der Waals surface area contributed by atoms with Crippen molar-refractivity contribution in [1.82, 2.24) is 10.2 Å². The minimum atomic E-state index is -0.980. The van der Waals surface area contributed by atoms with E-state index in [1.165, 1.54) is 0 Å². The van der Waals surface area contributed by atoms with Gasteiger partial charge in [-0.15, -0.1) is 0 Å². The van der Waals surface area contributed by atoms with Crippen molar-refractivity contribution in [1.29, 1.82) is 0 Å². The Morgan fingerprint density at radius 1 is 1.36 bits per heavy atom. The van der Waals surface area contributed by atoms with Gasteiger partial charge in [-0.3, -0.25) is 4.21 Å². The number of piperidine rings is 1. The number of benzene rings is 1. The number of nitrogens with one attached hydrogen (secondary N) is 1. The second-order valence-electron chi connectivity index (χ2n) is 5.61. The summed E-state index contributed by atoms with van der Waals surface area (Å²) in [5.41, 5.74) is 0.985. The van der Waals surface area contributed by atoms with Crippen molar-refractivity contribution in [2.75, 3.05) is 19.4 Å². The average molecular weight is 324 g/mol. The van der Waals surface area contributed by atoms with E-state index in [9.17, 15) is 9.00 Å².